The molecule has 4 nitrogen and oxygen atoms in total. The predicted octanol–water partition coefficient (Wildman–Crippen LogP) is -0.314. The normalized spacial score (nSPS) is 24.1. The summed E-state index contributed by atoms with van der Waals surface area (Å²) in [4.78, 5) is 21.9. The van der Waals surface area contributed by atoms with Crippen LogP contribution in [-0.4, -0.2) is 25.5 Å². The molecule has 0 bridgehead atoms. The van der Waals surface area contributed by atoms with E-state index in [1.54, 1.807) is 0 Å². The van der Waals surface area contributed by atoms with E-state index in [0.717, 1.165) is 6.42 Å². The number of ether oxygens (including phenoxy) is 1. The van der Waals surface area contributed by atoms with Crippen molar-refractivity contribution in [1.82, 2.24) is 5.32 Å². The second kappa shape index (κ2) is 3.37. The first-order valence-electron chi connectivity index (χ1n) is 3.61. The van der Waals surface area contributed by atoms with Crippen LogP contribution in [0.25, 0.3) is 0 Å². The molecule has 0 aromatic rings. The molecule has 62 valence electrons. The number of piperidine rings is 1. The second-order valence-electron chi connectivity index (χ2n) is 2.51. The molecule has 1 aliphatic heterocycles. The summed E-state index contributed by atoms with van der Waals surface area (Å²) in [6.07, 6.45) is 1.46. The summed E-state index contributed by atoms with van der Waals surface area (Å²) in [6, 6.07) is 0. The second-order valence-corrected chi connectivity index (χ2v) is 2.51. The molecular formula is C7H11NO3. The molecule has 0 aromatic carbocycles. The average molecular weight is 157 g/mol. The molecule has 0 aromatic heterocycles. The van der Waals surface area contributed by atoms with Crippen LogP contribution in [0.5, 0.6) is 0 Å². The number of hydrogen-bond acceptors (Lipinski definition) is 3. The summed E-state index contributed by atoms with van der Waals surface area (Å²) < 4.78 is 4.46. The van der Waals surface area contributed by atoms with Crippen molar-refractivity contribution in [3.8, 4) is 0 Å². The largest absolute Gasteiger partial charge is 0.468 e. The van der Waals surface area contributed by atoms with E-state index in [-0.39, 0.29) is 5.91 Å². The van der Waals surface area contributed by atoms with E-state index < -0.39 is 11.9 Å². The fraction of sp³-hybridized carbons (Fsp3) is 0.714. The molecule has 0 unspecified atom stereocenters. The molecule has 1 fully saturated rings. The fourth-order valence-corrected chi connectivity index (χ4v) is 1.14. The molecule has 1 heterocycles. The molecule has 1 saturated heterocycles. The number of carbonyl (C=O) groups is 2. The maximum absolute atomic E-state index is 11.0. The molecule has 4 heteroatoms. The molecule has 1 amide bonds. The average Bonchev–Trinajstić information content (AvgIpc) is 2.04. The number of rotatable bonds is 1. The Bertz CT molecular complexity index is 171. The lowest BCUT2D eigenvalue weighted by atomic mass is 9.99. The summed E-state index contributed by atoms with van der Waals surface area (Å²) in [5.41, 5.74) is 0. The van der Waals surface area contributed by atoms with Gasteiger partial charge in [0.25, 0.3) is 0 Å². The lowest BCUT2D eigenvalue weighted by molar-refractivity contribution is -0.151. The Balaban J connectivity index is 2.54. The van der Waals surface area contributed by atoms with Crippen LogP contribution < -0.4 is 5.32 Å². The van der Waals surface area contributed by atoms with Crippen molar-refractivity contribution in [3.63, 3.8) is 0 Å². The third kappa shape index (κ3) is 1.69. The van der Waals surface area contributed by atoms with E-state index in [4.69, 9.17) is 0 Å². The minimum atomic E-state index is -0.575. The van der Waals surface area contributed by atoms with Crippen molar-refractivity contribution < 1.29 is 14.3 Å². The Kier molecular flexibility index (Phi) is 2.46. The van der Waals surface area contributed by atoms with Crippen molar-refractivity contribution in [3.05, 3.63) is 0 Å². The number of carbonyl (C=O) groups excluding carboxylic acids is 2. The zero-order chi connectivity index (χ0) is 8.27. The van der Waals surface area contributed by atoms with Gasteiger partial charge in [-0.2, -0.15) is 0 Å². The Morgan fingerprint density at radius 1 is 1.73 bits per heavy atom. The molecule has 0 radical (unpaired) electrons. The predicted molar refractivity (Wildman–Crippen MR) is 37.7 cm³/mol. The number of methoxy groups -OCH3 is 1. The highest BCUT2D eigenvalue weighted by Crippen LogP contribution is 2.12. The molecule has 0 spiro atoms. The number of nitrogens with one attached hydrogen (secondary N) is 1. The van der Waals surface area contributed by atoms with Gasteiger partial charge in [-0.3, -0.25) is 9.59 Å². The van der Waals surface area contributed by atoms with Crippen LogP contribution in [0.3, 0.4) is 0 Å². The number of hydrogen-bond donors (Lipinski definition) is 1. The molecule has 0 saturated carbocycles. The topological polar surface area (TPSA) is 55.4 Å². The van der Waals surface area contributed by atoms with E-state index in [9.17, 15) is 9.59 Å². The smallest absolute Gasteiger partial charge is 0.318 e. The zero-order valence-electron chi connectivity index (χ0n) is 6.42. The molecule has 0 aliphatic carbocycles. The van der Waals surface area contributed by atoms with Crippen LogP contribution >= 0.6 is 0 Å². The third-order valence-electron chi connectivity index (χ3n) is 1.77. The standard InChI is InChI=1S/C7H11NO3/c1-11-7(10)5-3-2-4-8-6(5)9/h5H,2-4H2,1H3,(H,8,9)/t5-/m0/s1. The molecule has 1 atom stereocenters. The first kappa shape index (κ1) is 8.04. The summed E-state index contributed by atoms with van der Waals surface area (Å²) in [5.74, 6) is -1.21. The Morgan fingerprint density at radius 3 is 3.00 bits per heavy atom. The molecular weight excluding hydrogens is 146 g/mol. The summed E-state index contributed by atoms with van der Waals surface area (Å²) in [7, 11) is 1.30. The van der Waals surface area contributed by atoms with Crippen molar-refractivity contribution >= 4 is 11.9 Å². The summed E-state index contributed by atoms with van der Waals surface area (Å²) in [5, 5.41) is 2.61. The van der Waals surface area contributed by atoms with Gasteiger partial charge in [0, 0.05) is 6.54 Å². The van der Waals surface area contributed by atoms with E-state index >= 15 is 0 Å². The summed E-state index contributed by atoms with van der Waals surface area (Å²) >= 11 is 0. The molecule has 1 aliphatic rings. The molecule has 1 N–H and O–H groups in total. The number of esters is 1. The Hall–Kier alpha value is -1.06. The fourth-order valence-electron chi connectivity index (χ4n) is 1.14. The van der Waals surface area contributed by atoms with E-state index in [0.29, 0.717) is 13.0 Å². The monoisotopic (exact) mass is 157 g/mol. The van der Waals surface area contributed by atoms with E-state index in [1.165, 1.54) is 7.11 Å². The lowest BCUT2D eigenvalue weighted by Crippen LogP contribution is -2.40. The highest BCUT2D eigenvalue weighted by molar-refractivity contribution is 5.98. The van der Waals surface area contributed by atoms with Gasteiger partial charge in [0.1, 0.15) is 5.92 Å². The van der Waals surface area contributed by atoms with Gasteiger partial charge in [0.15, 0.2) is 0 Å². The molecule has 1 rings (SSSR count). The van der Waals surface area contributed by atoms with Gasteiger partial charge in [-0.25, -0.2) is 0 Å². The Labute approximate surface area is 64.9 Å². The van der Waals surface area contributed by atoms with Gasteiger partial charge in [-0.1, -0.05) is 0 Å². The third-order valence-corrected chi connectivity index (χ3v) is 1.77. The SMILES string of the molecule is COC(=O)[C@H]1CCCNC1=O. The van der Waals surface area contributed by atoms with Gasteiger partial charge < -0.3 is 10.1 Å². The zero-order valence-corrected chi connectivity index (χ0v) is 6.42. The van der Waals surface area contributed by atoms with Crippen LogP contribution in [0.1, 0.15) is 12.8 Å². The maximum atomic E-state index is 11.0. The van der Waals surface area contributed by atoms with E-state index in [1.807, 2.05) is 0 Å². The minimum Gasteiger partial charge on any atom is -0.468 e. The highest BCUT2D eigenvalue weighted by atomic mass is 16.5. The minimum absolute atomic E-state index is 0.205. The van der Waals surface area contributed by atoms with Crippen molar-refractivity contribution in [2.75, 3.05) is 13.7 Å². The van der Waals surface area contributed by atoms with Crippen LogP contribution in [0, 0.1) is 5.92 Å². The number of amides is 1. The van der Waals surface area contributed by atoms with E-state index in [2.05, 4.69) is 10.1 Å². The van der Waals surface area contributed by atoms with Crippen molar-refractivity contribution in [2.45, 2.75) is 12.8 Å². The van der Waals surface area contributed by atoms with Gasteiger partial charge in [0.2, 0.25) is 5.91 Å². The van der Waals surface area contributed by atoms with Gasteiger partial charge >= 0.3 is 5.97 Å². The van der Waals surface area contributed by atoms with Gasteiger partial charge in [-0.05, 0) is 12.8 Å². The Morgan fingerprint density at radius 2 is 2.45 bits per heavy atom. The molecule has 11 heavy (non-hydrogen) atoms. The highest BCUT2D eigenvalue weighted by Gasteiger charge is 2.29. The quantitative estimate of drug-likeness (QED) is 0.419. The lowest BCUT2D eigenvalue weighted by Gasteiger charge is -2.19. The van der Waals surface area contributed by atoms with Gasteiger partial charge in [0.05, 0.1) is 7.11 Å². The van der Waals surface area contributed by atoms with Crippen LogP contribution in [-0.2, 0) is 14.3 Å². The first-order chi connectivity index (χ1) is 5.25. The van der Waals surface area contributed by atoms with Crippen molar-refractivity contribution in [1.29, 1.82) is 0 Å². The van der Waals surface area contributed by atoms with Crippen LogP contribution in [0.4, 0.5) is 0 Å². The summed E-state index contributed by atoms with van der Waals surface area (Å²) in [6.45, 7) is 0.673. The van der Waals surface area contributed by atoms with Crippen LogP contribution in [0.2, 0.25) is 0 Å². The first-order valence-corrected chi connectivity index (χ1v) is 3.61. The van der Waals surface area contributed by atoms with Crippen molar-refractivity contribution in [2.24, 2.45) is 5.92 Å². The van der Waals surface area contributed by atoms with Crippen LogP contribution in [0.15, 0.2) is 0 Å². The van der Waals surface area contributed by atoms with Gasteiger partial charge in [-0.15, -0.1) is 0 Å². The maximum Gasteiger partial charge on any atom is 0.318 e.